The van der Waals surface area contributed by atoms with E-state index in [4.69, 9.17) is 16.3 Å². The van der Waals surface area contributed by atoms with E-state index in [1.165, 1.54) is 17.0 Å². The van der Waals surface area contributed by atoms with Crippen molar-refractivity contribution in [1.29, 1.82) is 0 Å². The van der Waals surface area contributed by atoms with Gasteiger partial charge < -0.3 is 15.0 Å². The molecule has 3 rings (SSSR count). The minimum absolute atomic E-state index is 0.0183. The molecular weight excluding hydrogens is 538 g/mol. The number of anilines is 1. The Bertz CT molecular complexity index is 1370. The summed E-state index contributed by atoms with van der Waals surface area (Å²) < 4.78 is 33.9. The highest BCUT2D eigenvalue weighted by molar-refractivity contribution is 7.92. The van der Waals surface area contributed by atoms with Gasteiger partial charge >= 0.3 is 0 Å². The number of methoxy groups -OCH3 is 1. The van der Waals surface area contributed by atoms with Crippen LogP contribution in [0.25, 0.3) is 0 Å². The summed E-state index contributed by atoms with van der Waals surface area (Å²) in [7, 11) is -2.63. The quantitative estimate of drug-likeness (QED) is 0.315. The van der Waals surface area contributed by atoms with Crippen LogP contribution in [0.2, 0.25) is 5.02 Å². The van der Waals surface area contributed by atoms with Crippen LogP contribution in [-0.2, 0) is 26.2 Å². The fourth-order valence-electron chi connectivity index (χ4n) is 4.14. The average molecular weight is 572 g/mol. The summed E-state index contributed by atoms with van der Waals surface area (Å²) in [4.78, 5) is 28.6. The Kier molecular flexibility index (Phi) is 10.8. The molecule has 39 heavy (non-hydrogen) atoms. The molecule has 0 radical (unpaired) electrons. The van der Waals surface area contributed by atoms with Crippen molar-refractivity contribution >= 4 is 39.1 Å². The van der Waals surface area contributed by atoms with Crippen molar-refractivity contribution in [1.82, 2.24) is 10.2 Å². The molecule has 0 saturated heterocycles. The highest BCUT2D eigenvalue weighted by Crippen LogP contribution is 2.31. The predicted molar refractivity (Wildman–Crippen MR) is 153 cm³/mol. The van der Waals surface area contributed by atoms with E-state index < -0.39 is 28.5 Å². The first kappa shape index (κ1) is 30.0. The highest BCUT2D eigenvalue weighted by atomic mass is 35.5. The van der Waals surface area contributed by atoms with Gasteiger partial charge in [-0.1, -0.05) is 67.9 Å². The van der Waals surface area contributed by atoms with Crippen molar-refractivity contribution in [3.05, 3.63) is 89.4 Å². The minimum Gasteiger partial charge on any atom is -0.497 e. The summed E-state index contributed by atoms with van der Waals surface area (Å²) in [5.74, 6) is -0.241. The molecule has 0 aliphatic rings. The zero-order chi connectivity index (χ0) is 28.4. The highest BCUT2D eigenvalue weighted by Gasteiger charge is 2.34. The number of rotatable bonds is 13. The Labute approximate surface area is 235 Å². The van der Waals surface area contributed by atoms with Gasteiger partial charge in [-0.05, 0) is 54.8 Å². The van der Waals surface area contributed by atoms with E-state index in [1.54, 1.807) is 67.8 Å². The van der Waals surface area contributed by atoms with Crippen LogP contribution in [0, 0.1) is 0 Å². The van der Waals surface area contributed by atoms with Gasteiger partial charge in [0.25, 0.3) is 10.0 Å². The first-order chi connectivity index (χ1) is 18.7. The van der Waals surface area contributed by atoms with Crippen LogP contribution in [0.1, 0.15) is 32.3 Å². The number of amides is 2. The number of halogens is 1. The topological polar surface area (TPSA) is 96.0 Å². The van der Waals surface area contributed by atoms with Gasteiger partial charge in [0, 0.05) is 13.1 Å². The van der Waals surface area contributed by atoms with E-state index in [1.807, 2.05) is 19.9 Å². The number of para-hydroxylation sites is 1. The molecule has 3 aromatic rings. The summed E-state index contributed by atoms with van der Waals surface area (Å²) in [6, 6.07) is 20.7. The molecule has 0 aromatic heterocycles. The van der Waals surface area contributed by atoms with Crippen LogP contribution >= 0.6 is 11.6 Å². The van der Waals surface area contributed by atoms with Crippen molar-refractivity contribution in [3.63, 3.8) is 0 Å². The molecule has 0 aliphatic heterocycles. The van der Waals surface area contributed by atoms with Crippen LogP contribution < -0.4 is 14.4 Å². The van der Waals surface area contributed by atoms with Crippen LogP contribution in [0.4, 0.5) is 5.69 Å². The molecule has 10 heteroatoms. The first-order valence-electron chi connectivity index (χ1n) is 12.7. The number of hydrogen-bond acceptors (Lipinski definition) is 5. The number of ether oxygens (including phenoxy) is 1. The standard InChI is InChI=1S/C29H34ClN3O5S/c1-4-18-31-29(35)26(5-2)32(20-22-12-11-13-23(19-22)38-3)28(34)21-33(27-17-10-9-16-25(27)30)39(36,37)24-14-7-6-8-15-24/h6-17,19,26H,4-5,18,20-21H2,1-3H3,(H,31,35)/t26-/m1/s1. The fraction of sp³-hybridized carbons (Fsp3) is 0.310. The summed E-state index contributed by atoms with van der Waals surface area (Å²) in [6.45, 7) is 3.74. The maximum Gasteiger partial charge on any atom is 0.264 e. The molecule has 0 spiro atoms. The maximum atomic E-state index is 14.0. The molecule has 1 N–H and O–H groups in total. The summed E-state index contributed by atoms with van der Waals surface area (Å²) in [5, 5.41) is 3.04. The van der Waals surface area contributed by atoms with Crippen molar-refractivity contribution in [2.24, 2.45) is 0 Å². The summed E-state index contributed by atoms with van der Waals surface area (Å²) in [6.07, 6.45) is 1.07. The Hall–Kier alpha value is -3.56. The smallest absolute Gasteiger partial charge is 0.264 e. The Morgan fingerprint density at radius 1 is 0.974 bits per heavy atom. The Balaban J connectivity index is 2.06. The molecule has 2 amide bonds. The third-order valence-electron chi connectivity index (χ3n) is 6.15. The normalized spacial score (nSPS) is 11.9. The van der Waals surface area contributed by atoms with Crippen LogP contribution in [0.15, 0.2) is 83.8 Å². The van der Waals surface area contributed by atoms with Crippen LogP contribution in [0.3, 0.4) is 0 Å². The zero-order valence-corrected chi connectivity index (χ0v) is 23.9. The van der Waals surface area contributed by atoms with E-state index in [-0.39, 0.29) is 28.1 Å². The van der Waals surface area contributed by atoms with E-state index in [0.29, 0.717) is 18.7 Å². The van der Waals surface area contributed by atoms with Gasteiger partial charge in [0.2, 0.25) is 11.8 Å². The van der Waals surface area contributed by atoms with Gasteiger partial charge in [-0.3, -0.25) is 13.9 Å². The lowest BCUT2D eigenvalue weighted by molar-refractivity contribution is -0.140. The first-order valence-corrected chi connectivity index (χ1v) is 14.6. The molecule has 208 valence electrons. The number of carbonyl (C=O) groups excluding carboxylic acids is 2. The third kappa shape index (κ3) is 7.52. The number of carbonyl (C=O) groups is 2. The fourth-order valence-corrected chi connectivity index (χ4v) is 5.88. The van der Waals surface area contributed by atoms with E-state index in [9.17, 15) is 18.0 Å². The maximum absolute atomic E-state index is 14.0. The molecule has 0 bridgehead atoms. The minimum atomic E-state index is -4.17. The van der Waals surface area contributed by atoms with E-state index in [0.717, 1.165) is 16.3 Å². The van der Waals surface area contributed by atoms with Gasteiger partial charge in [-0.2, -0.15) is 0 Å². The van der Waals surface area contributed by atoms with Gasteiger partial charge in [0.1, 0.15) is 18.3 Å². The summed E-state index contributed by atoms with van der Waals surface area (Å²) >= 11 is 6.43. The second-order valence-corrected chi connectivity index (χ2v) is 11.1. The molecule has 8 nitrogen and oxygen atoms in total. The lowest BCUT2D eigenvalue weighted by Crippen LogP contribution is -2.52. The second-order valence-electron chi connectivity index (χ2n) is 8.86. The van der Waals surface area contributed by atoms with Gasteiger partial charge in [0.05, 0.1) is 22.7 Å². The monoisotopic (exact) mass is 571 g/mol. The van der Waals surface area contributed by atoms with Crippen LogP contribution in [0.5, 0.6) is 5.75 Å². The molecule has 0 unspecified atom stereocenters. The number of sulfonamides is 1. The van der Waals surface area contributed by atoms with E-state index in [2.05, 4.69) is 5.32 Å². The molecule has 3 aromatic carbocycles. The van der Waals surface area contributed by atoms with Gasteiger partial charge in [-0.25, -0.2) is 8.42 Å². The van der Waals surface area contributed by atoms with Gasteiger partial charge in [-0.15, -0.1) is 0 Å². The lowest BCUT2D eigenvalue weighted by atomic mass is 10.1. The number of nitrogens with one attached hydrogen (secondary N) is 1. The largest absolute Gasteiger partial charge is 0.497 e. The average Bonchev–Trinajstić information content (AvgIpc) is 2.95. The van der Waals surface area contributed by atoms with Crippen molar-refractivity contribution in [2.75, 3.05) is 24.5 Å². The Morgan fingerprint density at radius 3 is 2.31 bits per heavy atom. The zero-order valence-electron chi connectivity index (χ0n) is 22.3. The molecule has 0 fully saturated rings. The number of nitrogens with zero attached hydrogens (tertiary/aromatic N) is 2. The SMILES string of the molecule is CCCNC(=O)[C@@H](CC)N(Cc1cccc(OC)c1)C(=O)CN(c1ccccc1Cl)S(=O)(=O)c1ccccc1. The molecule has 0 heterocycles. The van der Waals surface area contributed by atoms with E-state index >= 15 is 0 Å². The number of hydrogen-bond donors (Lipinski definition) is 1. The van der Waals surface area contributed by atoms with Crippen molar-refractivity contribution < 1.29 is 22.7 Å². The molecule has 0 saturated carbocycles. The molecule has 1 atom stereocenters. The predicted octanol–water partition coefficient (Wildman–Crippen LogP) is 4.88. The number of benzene rings is 3. The van der Waals surface area contributed by atoms with Crippen molar-refractivity contribution in [3.8, 4) is 5.75 Å². The van der Waals surface area contributed by atoms with Crippen LogP contribution in [-0.4, -0.2) is 51.4 Å². The lowest BCUT2D eigenvalue weighted by Gasteiger charge is -2.33. The molecule has 0 aliphatic carbocycles. The molecular formula is C29H34ClN3O5S. The third-order valence-corrected chi connectivity index (χ3v) is 8.25. The summed E-state index contributed by atoms with van der Waals surface area (Å²) in [5.41, 5.74) is 0.904. The van der Waals surface area contributed by atoms with Gasteiger partial charge in [0.15, 0.2) is 0 Å². The van der Waals surface area contributed by atoms with Crippen molar-refractivity contribution in [2.45, 2.75) is 44.2 Å². The Morgan fingerprint density at radius 2 is 1.67 bits per heavy atom. The second kappa shape index (κ2) is 14.0.